The molecule has 0 atom stereocenters. The van der Waals surface area contributed by atoms with Crippen LogP contribution in [0.4, 0.5) is 0 Å². The van der Waals surface area contributed by atoms with E-state index in [-0.39, 0.29) is 18.1 Å². The molecule has 0 aliphatic carbocycles. The Hall–Kier alpha value is -1.51. The van der Waals surface area contributed by atoms with Crippen molar-refractivity contribution in [1.29, 1.82) is 0 Å². The van der Waals surface area contributed by atoms with Crippen molar-refractivity contribution < 1.29 is 9.53 Å². The van der Waals surface area contributed by atoms with Gasteiger partial charge >= 0.3 is 0 Å². The molecular formula is C15H23NO2. The van der Waals surface area contributed by atoms with Crippen LogP contribution in [0.3, 0.4) is 0 Å². The standard InChI is InChI=1S/C15H23NO2/c1-10-7-8-11(2)14(12(10)3)18-9-13(17)16-15(4,5)6/h7-8H,9H2,1-6H3,(H,16,17). The second-order valence-corrected chi connectivity index (χ2v) is 5.74. The van der Waals surface area contributed by atoms with Gasteiger partial charge in [-0.05, 0) is 58.2 Å². The van der Waals surface area contributed by atoms with E-state index in [9.17, 15) is 4.79 Å². The summed E-state index contributed by atoms with van der Waals surface area (Å²) in [6.45, 7) is 12.0. The summed E-state index contributed by atoms with van der Waals surface area (Å²) in [6.07, 6.45) is 0. The minimum absolute atomic E-state index is 0.0579. The first-order valence-corrected chi connectivity index (χ1v) is 6.21. The van der Waals surface area contributed by atoms with Gasteiger partial charge in [-0.1, -0.05) is 12.1 Å². The van der Waals surface area contributed by atoms with Gasteiger partial charge in [0.15, 0.2) is 6.61 Å². The fourth-order valence-corrected chi connectivity index (χ4v) is 1.74. The van der Waals surface area contributed by atoms with Crippen molar-refractivity contribution in [2.24, 2.45) is 0 Å². The van der Waals surface area contributed by atoms with Gasteiger partial charge in [-0.3, -0.25) is 4.79 Å². The number of carbonyl (C=O) groups excluding carboxylic acids is 1. The molecule has 1 rings (SSSR count). The van der Waals surface area contributed by atoms with E-state index in [0.717, 1.165) is 16.9 Å². The molecule has 1 aromatic carbocycles. The second-order valence-electron chi connectivity index (χ2n) is 5.74. The molecule has 1 aromatic rings. The van der Waals surface area contributed by atoms with Crippen molar-refractivity contribution in [3.63, 3.8) is 0 Å². The van der Waals surface area contributed by atoms with E-state index in [0.29, 0.717) is 0 Å². The Balaban J connectivity index is 2.70. The lowest BCUT2D eigenvalue weighted by molar-refractivity contribution is -0.124. The summed E-state index contributed by atoms with van der Waals surface area (Å²) in [5, 5.41) is 2.88. The average molecular weight is 249 g/mol. The predicted octanol–water partition coefficient (Wildman–Crippen LogP) is 2.91. The van der Waals surface area contributed by atoms with Gasteiger partial charge in [0, 0.05) is 5.54 Å². The Labute approximate surface area is 110 Å². The Morgan fingerprint density at radius 3 is 2.28 bits per heavy atom. The molecule has 0 saturated heterocycles. The maximum Gasteiger partial charge on any atom is 0.258 e. The number of benzene rings is 1. The molecule has 0 spiro atoms. The molecule has 0 aromatic heterocycles. The normalized spacial score (nSPS) is 11.2. The molecule has 3 nitrogen and oxygen atoms in total. The molecule has 100 valence electrons. The molecule has 0 aliphatic heterocycles. The Bertz CT molecular complexity index is 445. The average Bonchev–Trinajstić information content (AvgIpc) is 2.21. The van der Waals surface area contributed by atoms with Crippen LogP contribution in [0.25, 0.3) is 0 Å². The van der Waals surface area contributed by atoms with Gasteiger partial charge in [0.1, 0.15) is 5.75 Å². The lowest BCUT2D eigenvalue weighted by atomic mass is 10.1. The summed E-state index contributed by atoms with van der Waals surface area (Å²) in [7, 11) is 0. The maximum absolute atomic E-state index is 11.7. The van der Waals surface area contributed by atoms with Gasteiger partial charge < -0.3 is 10.1 Å². The molecule has 0 fully saturated rings. The van der Waals surface area contributed by atoms with E-state index in [1.54, 1.807) is 0 Å². The van der Waals surface area contributed by atoms with E-state index in [1.807, 2.05) is 47.6 Å². The zero-order valence-electron chi connectivity index (χ0n) is 12.2. The minimum atomic E-state index is -0.225. The fourth-order valence-electron chi connectivity index (χ4n) is 1.74. The third kappa shape index (κ3) is 4.06. The number of nitrogens with one attached hydrogen (secondary N) is 1. The van der Waals surface area contributed by atoms with Crippen LogP contribution in [0.2, 0.25) is 0 Å². The van der Waals surface area contributed by atoms with Crippen molar-refractivity contribution in [1.82, 2.24) is 5.32 Å². The highest BCUT2D eigenvalue weighted by molar-refractivity contribution is 5.78. The predicted molar refractivity (Wildman–Crippen MR) is 74.0 cm³/mol. The van der Waals surface area contributed by atoms with Crippen LogP contribution < -0.4 is 10.1 Å². The maximum atomic E-state index is 11.7. The number of aryl methyl sites for hydroxylation is 2. The second kappa shape index (κ2) is 5.42. The van der Waals surface area contributed by atoms with Gasteiger partial charge in [-0.15, -0.1) is 0 Å². The Kier molecular flexibility index (Phi) is 4.38. The largest absolute Gasteiger partial charge is 0.483 e. The molecule has 18 heavy (non-hydrogen) atoms. The highest BCUT2D eigenvalue weighted by Crippen LogP contribution is 2.25. The Morgan fingerprint density at radius 1 is 1.17 bits per heavy atom. The van der Waals surface area contributed by atoms with E-state index in [1.165, 1.54) is 5.56 Å². The zero-order chi connectivity index (χ0) is 13.9. The third-order valence-electron chi connectivity index (χ3n) is 2.74. The molecule has 0 aliphatic rings. The summed E-state index contributed by atoms with van der Waals surface area (Å²) in [6, 6.07) is 4.08. The number of carbonyl (C=O) groups is 1. The molecule has 0 unspecified atom stereocenters. The van der Waals surface area contributed by atoms with Crippen LogP contribution in [-0.2, 0) is 4.79 Å². The van der Waals surface area contributed by atoms with Gasteiger partial charge in [0.05, 0.1) is 0 Å². The van der Waals surface area contributed by atoms with Crippen molar-refractivity contribution in [3.8, 4) is 5.75 Å². The number of ether oxygens (including phenoxy) is 1. The molecule has 0 radical (unpaired) electrons. The monoisotopic (exact) mass is 249 g/mol. The molecule has 0 bridgehead atoms. The fraction of sp³-hybridized carbons (Fsp3) is 0.533. The van der Waals surface area contributed by atoms with Crippen LogP contribution in [-0.4, -0.2) is 18.1 Å². The number of hydrogen-bond acceptors (Lipinski definition) is 2. The first-order valence-electron chi connectivity index (χ1n) is 6.21. The van der Waals surface area contributed by atoms with Gasteiger partial charge in [0.25, 0.3) is 5.91 Å². The highest BCUT2D eigenvalue weighted by atomic mass is 16.5. The van der Waals surface area contributed by atoms with Crippen LogP contribution in [0, 0.1) is 20.8 Å². The summed E-state index contributed by atoms with van der Waals surface area (Å²) in [4.78, 5) is 11.7. The van der Waals surface area contributed by atoms with Crippen molar-refractivity contribution in [2.75, 3.05) is 6.61 Å². The van der Waals surface area contributed by atoms with E-state index >= 15 is 0 Å². The van der Waals surface area contributed by atoms with Crippen LogP contribution >= 0.6 is 0 Å². The van der Waals surface area contributed by atoms with Crippen LogP contribution in [0.15, 0.2) is 12.1 Å². The van der Waals surface area contributed by atoms with E-state index in [2.05, 4.69) is 11.4 Å². The quantitative estimate of drug-likeness (QED) is 0.894. The summed E-state index contributed by atoms with van der Waals surface area (Å²) in [5.74, 6) is 0.724. The molecule has 0 heterocycles. The lowest BCUT2D eigenvalue weighted by Crippen LogP contribution is -2.43. The zero-order valence-corrected chi connectivity index (χ0v) is 12.2. The van der Waals surface area contributed by atoms with Gasteiger partial charge in [0.2, 0.25) is 0 Å². The van der Waals surface area contributed by atoms with Gasteiger partial charge in [-0.2, -0.15) is 0 Å². The first kappa shape index (κ1) is 14.6. The van der Waals surface area contributed by atoms with Crippen molar-refractivity contribution >= 4 is 5.91 Å². The molecule has 0 saturated carbocycles. The third-order valence-corrected chi connectivity index (χ3v) is 2.74. The number of rotatable bonds is 3. The van der Waals surface area contributed by atoms with Crippen LogP contribution in [0.5, 0.6) is 5.75 Å². The number of amides is 1. The summed E-state index contributed by atoms with van der Waals surface area (Å²) >= 11 is 0. The smallest absolute Gasteiger partial charge is 0.258 e. The molecule has 1 N–H and O–H groups in total. The highest BCUT2D eigenvalue weighted by Gasteiger charge is 2.15. The number of hydrogen-bond donors (Lipinski definition) is 1. The van der Waals surface area contributed by atoms with Crippen molar-refractivity contribution in [2.45, 2.75) is 47.1 Å². The molecule has 3 heteroatoms. The van der Waals surface area contributed by atoms with E-state index in [4.69, 9.17) is 4.74 Å². The van der Waals surface area contributed by atoms with Gasteiger partial charge in [-0.25, -0.2) is 0 Å². The molecule has 1 amide bonds. The Morgan fingerprint density at radius 2 is 1.72 bits per heavy atom. The van der Waals surface area contributed by atoms with Crippen LogP contribution in [0.1, 0.15) is 37.5 Å². The van der Waals surface area contributed by atoms with E-state index < -0.39 is 0 Å². The molecular weight excluding hydrogens is 226 g/mol. The van der Waals surface area contributed by atoms with Crippen molar-refractivity contribution in [3.05, 3.63) is 28.8 Å². The lowest BCUT2D eigenvalue weighted by Gasteiger charge is -2.21. The topological polar surface area (TPSA) is 38.3 Å². The summed E-state index contributed by atoms with van der Waals surface area (Å²) in [5.41, 5.74) is 3.10. The first-order chi connectivity index (χ1) is 8.20. The summed E-state index contributed by atoms with van der Waals surface area (Å²) < 4.78 is 5.64. The minimum Gasteiger partial charge on any atom is -0.483 e. The SMILES string of the molecule is Cc1ccc(C)c(OCC(=O)NC(C)(C)C)c1C.